The fourth-order valence-electron chi connectivity index (χ4n) is 3.57. The van der Waals surface area contributed by atoms with Crippen molar-refractivity contribution in [3.63, 3.8) is 0 Å². The standard InChI is InChI=1S/C17H24O4/c1-16(2)12(9-10-17(16,3)15(20)21)14(19)13(18)11-7-5-4-6-8-11/h4-8,12-14,18-19H,9-10H2,1-3H3,(H,20,21)/p-1/t12-,13-,14+,17-/m1/s1. The van der Waals surface area contributed by atoms with E-state index in [0.29, 0.717) is 18.4 Å². The Morgan fingerprint density at radius 1 is 1.24 bits per heavy atom. The average molecular weight is 291 g/mol. The number of carboxylic acid groups (broad SMARTS) is 1. The SMILES string of the molecule is CC1(C)[C@@H]([C@H](O)[C@H](O)c2ccccc2)CC[C@]1(C)C(=O)[O-]. The second-order valence-electron chi connectivity index (χ2n) is 6.83. The molecular formula is C17H23O4-. The Bertz CT molecular complexity index is 511. The van der Waals surface area contributed by atoms with E-state index in [9.17, 15) is 20.1 Å². The van der Waals surface area contributed by atoms with E-state index in [0.717, 1.165) is 0 Å². The van der Waals surface area contributed by atoms with Gasteiger partial charge in [0.1, 0.15) is 6.10 Å². The van der Waals surface area contributed by atoms with Gasteiger partial charge in [0.25, 0.3) is 0 Å². The van der Waals surface area contributed by atoms with Crippen molar-refractivity contribution in [3.05, 3.63) is 35.9 Å². The van der Waals surface area contributed by atoms with E-state index in [4.69, 9.17) is 0 Å². The third kappa shape index (κ3) is 2.47. The number of carbonyl (C=O) groups excluding carboxylic acids is 1. The number of benzene rings is 1. The lowest BCUT2D eigenvalue weighted by atomic mass is 9.64. The van der Waals surface area contributed by atoms with Crippen LogP contribution in [-0.4, -0.2) is 22.3 Å². The number of carboxylic acids is 1. The van der Waals surface area contributed by atoms with Crippen molar-refractivity contribution in [3.8, 4) is 0 Å². The average Bonchev–Trinajstić information content (AvgIpc) is 2.70. The minimum absolute atomic E-state index is 0.296. The first kappa shape index (κ1) is 16.0. The predicted molar refractivity (Wildman–Crippen MR) is 77.0 cm³/mol. The number of aliphatic carboxylic acids is 1. The molecule has 116 valence electrons. The summed E-state index contributed by atoms with van der Waals surface area (Å²) in [7, 11) is 0. The van der Waals surface area contributed by atoms with E-state index in [1.807, 2.05) is 19.9 Å². The van der Waals surface area contributed by atoms with Crippen molar-refractivity contribution in [2.24, 2.45) is 16.7 Å². The van der Waals surface area contributed by atoms with Gasteiger partial charge in [-0.3, -0.25) is 0 Å². The Morgan fingerprint density at radius 2 is 1.81 bits per heavy atom. The van der Waals surface area contributed by atoms with Crippen molar-refractivity contribution < 1.29 is 20.1 Å². The van der Waals surface area contributed by atoms with Gasteiger partial charge in [0.2, 0.25) is 0 Å². The van der Waals surface area contributed by atoms with Gasteiger partial charge in [-0.2, -0.15) is 0 Å². The molecule has 0 saturated heterocycles. The highest BCUT2D eigenvalue weighted by molar-refractivity contribution is 5.73. The summed E-state index contributed by atoms with van der Waals surface area (Å²) >= 11 is 0. The van der Waals surface area contributed by atoms with Crippen LogP contribution in [0.25, 0.3) is 0 Å². The zero-order valence-corrected chi connectivity index (χ0v) is 12.7. The predicted octanol–water partition coefficient (Wildman–Crippen LogP) is 1.27. The summed E-state index contributed by atoms with van der Waals surface area (Å²) in [5.41, 5.74) is -1.00. The zero-order valence-electron chi connectivity index (χ0n) is 12.7. The van der Waals surface area contributed by atoms with Gasteiger partial charge < -0.3 is 20.1 Å². The van der Waals surface area contributed by atoms with Crippen LogP contribution < -0.4 is 5.11 Å². The minimum Gasteiger partial charge on any atom is -0.550 e. The summed E-state index contributed by atoms with van der Waals surface area (Å²) in [6.45, 7) is 5.34. The third-order valence-corrected chi connectivity index (χ3v) is 5.63. The van der Waals surface area contributed by atoms with Crippen LogP contribution in [0.2, 0.25) is 0 Å². The van der Waals surface area contributed by atoms with E-state index < -0.39 is 29.0 Å². The van der Waals surface area contributed by atoms with E-state index in [-0.39, 0.29) is 5.92 Å². The van der Waals surface area contributed by atoms with Crippen LogP contribution in [0.3, 0.4) is 0 Å². The molecule has 4 atom stereocenters. The largest absolute Gasteiger partial charge is 0.550 e. The molecule has 4 nitrogen and oxygen atoms in total. The normalized spacial score (nSPS) is 30.8. The Hall–Kier alpha value is -1.39. The Balaban J connectivity index is 2.25. The lowest BCUT2D eigenvalue weighted by molar-refractivity contribution is -0.323. The first-order valence-electron chi connectivity index (χ1n) is 7.34. The molecule has 0 aliphatic heterocycles. The Morgan fingerprint density at radius 3 is 2.29 bits per heavy atom. The molecule has 1 saturated carbocycles. The molecule has 1 aliphatic rings. The fourth-order valence-corrected chi connectivity index (χ4v) is 3.57. The quantitative estimate of drug-likeness (QED) is 0.875. The molecule has 0 unspecified atom stereocenters. The first-order valence-corrected chi connectivity index (χ1v) is 7.34. The summed E-state index contributed by atoms with van der Waals surface area (Å²) in [5.74, 6) is -1.38. The smallest absolute Gasteiger partial charge is 0.105 e. The van der Waals surface area contributed by atoms with E-state index >= 15 is 0 Å². The highest BCUT2D eigenvalue weighted by Gasteiger charge is 2.55. The van der Waals surface area contributed by atoms with Gasteiger partial charge in [-0.05, 0) is 29.7 Å². The molecule has 1 aliphatic carbocycles. The number of rotatable bonds is 4. The number of hydrogen-bond acceptors (Lipinski definition) is 4. The van der Waals surface area contributed by atoms with Gasteiger partial charge in [-0.25, -0.2) is 0 Å². The monoisotopic (exact) mass is 291 g/mol. The van der Waals surface area contributed by atoms with Gasteiger partial charge >= 0.3 is 0 Å². The van der Waals surface area contributed by atoms with Crippen LogP contribution in [0.15, 0.2) is 30.3 Å². The van der Waals surface area contributed by atoms with Crippen molar-refractivity contribution >= 4 is 5.97 Å². The van der Waals surface area contributed by atoms with Crippen LogP contribution >= 0.6 is 0 Å². The van der Waals surface area contributed by atoms with Gasteiger partial charge in [-0.1, -0.05) is 51.1 Å². The van der Waals surface area contributed by atoms with E-state index in [1.165, 1.54) is 0 Å². The summed E-state index contributed by atoms with van der Waals surface area (Å²) < 4.78 is 0. The molecule has 0 spiro atoms. The summed E-state index contributed by atoms with van der Waals surface area (Å²) in [6, 6.07) is 8.96. The summed E-state index contributed by atoms with van der Waals surface area (Å²) in [5, 5.41) is 32.4. The molecule has 2 rings (SSSR count). The van der Waals surface area contributed by atoms with Crippen LogP contribution in [0, 0.1) is 16.7 Å². The minimum atomic E-state index is -1.09. The highest BCUT2D eigenvalue weighted by Crippen LogP contribution is 2.57. The van der Waals surface area contributed by atoms with Crippen molar-refractivity contribution in [2.75, 3.05) is 0 Å². The molecular weight excluding hydrogens is 268 g/mol. The third-order valence-electron chi connectivity index (χ3n) is 5.63. The van der Waals surface area contributed by atoms with Crippen molar-refractivity contribution in [1.29, 1.82) is 0 Å². The molecule has 0 radical (unpaired) electrons. The molecule has 1 aromatic carbocycles. The van der Waals surface area contributed by atoms with Crippen LogP contribution in [-0.2, 0) is 4.79 Å². The maximum atomic E-state index is 11.5. The van der Waals surface area contributed by atoms with E-state index in [1.54, 1.807) is 31.2 Å². The molecule has 0 bridgehead atoms. The number of aliphatic hydroxyl groups excluding tert-OH is 2. The second-order valence-corrected chi connectivity index (χ2v) is 6.83. The van der Waals surface area contributed by atoms with Crippen molar-refractivity contribution in [1.82, 2.24) is 0 Å². The van der Waals surface area contributed by atoms with Gasteiger partial charge in [-0.15, -0.1) is 0 Å². The number of aliphatic hydroxyl groups is 2. The maximum absolute atomic E-state index is 11.5. The van der Waals surface area contributed by atoms with Crippen LogP contribution in [0.4, 0.5) is 0 Å². The lowest BCUT2D eigenvalue weighted by Crippen LogP contribution is -2.50. The Kier molecular flexibility index (Phi) is 4.13. The molecule has 1 aromatic rings. The topological polar surface area (TPSA) is 80.6 Å². The van der Waals surface area contributed by atoms with Gasteiger partial charge in [0, 0.05) is 11.4 Å². The molecule has 1 fully saturated rings. The first-order chi connectivity index (χ1) is 9.72. The molecule has 21 heavy (non-hydrogen) atoms. The highest BCUT2D eigenvalue weighted by atomic mass is 16.4. The second kappa shape index (κ2) is 5.43. The molecule has 0 amide bonds. The van der Waals surface area contributed by atoms with Crippen molar-refractivity contribution in [2.45, 2.75) is 45.8 Å². The lowest BCUT2D eigenvalue weighted by Gasteiger charge is -2.44. The van der Waals surface area contributed by atoms with Gasteiger partial charge in [0.15, 0.2) is 0 Å². The van der Waals surface area contributed by atoms with Gasteiger partial charge in [0.05, 0.1) is 6.10 Å². The van der Waals surface area contributed by atoms with E-state index in [2.05, 4.69) is 0 Å². The van der Waals surface area contributed by atoms with Crippen LogP contribution in [0.5, 0.6) is 0 Å². The summed E-state index contributed by atoms with van der Waals surface area (Å²) in [4.78, 5) is 11.5. The molecule has 0 heterocycles. The number of carbonyl (C=O) groups is 1. The van der Waals surface area contributed by atoms with Crippen LogP contribution in [0.1, 0.15) is 45.3 Å². The molecule has 2 N–H and O–H groups in total. The fraction of sp³-hybridized carbons (Fsp3) is 0.588. The maximum Gasteiger partial charge on any atom is 0.105 e. The molecule has 4 heteroatoms. The molecule has 0 aromatic heterocycles. The number of hydrogen-bond donors (Lipinski definition) is 2. The summed E-state index contributed by atoms with van der Waals surface area (Å²) in [6.07, 6.45) is -1.00. The Labute approximate surface area is 125 Å². The zero-order chi connectivity index (χ0) is 15.8.